The highest BCUT2D eigenvalue weighted by Gasteiger charge is 2.71. The van der Waals surface area contributed by atoms with Crippen LogP contribution in [-0.4, -0.2) is 27.1 Å². The van der Waals surface area contributed by atoms with Crippen LogP contribution in [0.5, 0.6) is 0 Å². The van der Waals surface area contributed by atoms with Crippen LogP contribution in [0.4, 0.5) is 0 Å². The molecule has 1 aliphatic rings. The number of hydrogen-bond donors (Lipinski definition) is 0. The molecule has 7 heteroatoms. The lowest BCUT2D eigenvalue weighted by Crippen LogP contribution is -2.27. The summed E-state index contributed by atoms with van der Waals surface area (Å²) in [6, 6.07) is 23.0. The van der Waals surface area contributed by atoms with Gasteiger partial charge in [-0.3, -0.25) is 4.21 Å². The van der Waals surface area contributed by atoms with E-state index in [1.807, 2.05) is 74.5 Å². The fourth-order valence-electron chi connectivity index (χ4n) is 3.90. The zero-order valence-electron chi connectivity index (χ0n) is 17.8. The second-order valence-electron chi connectivity index (χ2n) is 7.82. The van der Waals surface area contributed by atoms with E-state index in [4.69, 9.17) is 0 Å². The minimum Gasteiger partial charge on any atom is -0.252 e. The van der Waals surface area contributed by atoms with E-state index in [0.29, 0.717) is 10.2 Å². The molecule has 4 rings (SSSR count). The van der Waals surface area contributed by atoms with Gasteiger partial charge in [0, 0.05) is 10.2 Å². The quantitative estimate of drug-likeness (QED) is 0.230. The summed E-state index contributed by atoms with van der Waals surface area (Å²) in [6.45, 7) is 3.88. The predicted molar refractivity (Wildman–Crippen MR) is 133 cm³/mol. The normalized spacial score (nSPS) is 23.8. The number of benzene rings is 3. The molecule has 4 nitrogen and oxygen atoms in total. The monoisotopic (exact) mass is 529 g/mol. The van der Waals surface area contributed by atoms with Crippen LogP contribution < -0.4 is 0 Å². The summed E-state index contributed by atoms with van der Waals surface area (Å²) < 4.78 is 43.0. The van der Waals surface area contributed by atoms with Crippen molar-refractivity contribution in [3.05, 3.63) is 108 Å². The minimum atomic E-state index is -3.91. The van der Waals surface area contributed by atoms with Crippen LogP contribution in [0.2, 0.25) is 0 Å². The molecule has 0 radical (unpaired) electrons. The highest BCUT2D eigenvalue weighted by molar-refractivity contribution is 9.09. The molecule has 0 saturated carbocycles. The van der Waals surface area contributed by atoms with Crippen molar-refractivity contribution in [1.29, 1.82) is 0 Å². The Morgan fingerprint density at radius 3 is 2.06 bits per heavy atom. The molecule has 4 atom stereocenters. The molecule has 1 unspecified atom stereocenters. The Morgan fingerprint density at radius 2 is 1.50 bits per heavy atom. The Morgan fingerprint density at radius 1 is 0.938 bits per heavy atom. The molecule has 0 aliphatic carbocycles. The molecule has 1 fully saturated rings. The van der Waals surface area contributed by atoms with Gasteiger partial charge in [0.1, 0.15) is 0 Å². The van der Waals surface area contributed by atoms with Crippen LogP contribution in [0, 0.1) is 13.8 Å². The third kappa shape index (κ3) is 4.03. The SMILES string of the molecule is Cc1ccc([S@](=O)[C@]2(/C=C/CBr)[C@H](c3ccccc3)N2S(=O)(=O)c2ccc(C)cc2)cc1. The van der Waals surface area contributed by atoms with Gasteiger partial charge >= 0.3 is 0 Å². The number of halogens is 1. The van der Waals surface area contributed by atoms with Crippen molar-refractivity contribution in [2.45, 2.75) is 34.6 Å². The van der Waals surface area contributed by atoms with E-state index in [1.54, 1.807) is 30.3 Å². The zero-order valence-corrected chi connectivity index (χ0v) is 21.0. The number of nitrogens with zero attached hydrogens (tertiary/aromatic N) is 1. The fraction of sp³-hybridized carbons (Fsp3) is 0.200. The summed E-state index contributed by atoms with van der Waals surface area (Å²) in [6.07, 6.45) is 3.60. The smallest absolute Gasteiger partial charge is 0.245 e. The molecule has 1 saturated heterocycles. The van der Waals surface area contributed by atoms with Gasteiger partial charge in [0.25, 0.3) is 0 Å². The first-order valence-electron chi connectivity index (χ1n) is 10.2. The van der Waals surface area contributed by atoms with E-state index >= 15 is 0 Å². The van der Waals surface area contributed by atoms with Crippen molar-refractivity contribution in [1.82, 2.24) is 4.31 Å². The number of alkyl halides is 1. The first kappa shape index (κ1) is 23.1. The molecule has 0 spiro atoms. The fourth-order valence-corrected chi connectivity index (χ4v) is 8.05. The second kappa shape index (κ2) is 9.06. The van der Waals surface area contributed by atoms with Crippen molar-refractivity contribution in [2.75, 3.05) is 5.33 Å². The van der Waals surface area contributed by atoms with Gasteiger partial charge in [0.2, 0.25) is 10.0 Å². The Kier molecular flexibility index (Phi) is 6.54. The third-order valence-electron chi connectivity index (χ3n) is 5.57. The Hall–Kier alpha value is -2.06. The van der Waals surface area contributed by atoms with Gasteiger partial charge in [-0.25, -0.2) is 8.42 Å². The van der Waals surface area contributed by atoms with Gasteiger partial charge in [-0.2, -0.15) is 4.31 Å². The lowest BCUT2D eigenvalue weighted by Gasteiger charge is -2.15. The summed E-state index contributed by atoms with van der Waals surface area (Å²) >= 11 is 3.39. The van der Waals surface area contributed by atoms with Gasteiger partial charge in [-0.05, 0) is 43.7 Å². The minimum absolute atomic E-state index is 0.194. The first-order chi connectivity index (χ1) is 15.3. The van der Waals surface area contributed by atoms with Crippen molar-refractivity contribution >= 4 is 36.8 Å². The average Bonchev–Trinajstić information content (AvgIpc) is 3.50. The Bertz CT molecular complexity index is 1260. The molecule has 0 amide bonds. The number of hydrogen-bond acceptors (Lipinski definition) is 3. The summed E-state index contributed by atoms with van der Waals surface area (Å²) in [7, 11) is -5.54. The highest BCUT2D eigenvalue weighted by Crippen LogP contribution is 2.60. The van der Waals surface area contributed by atoms with E-state index in [9.17, 15) is 12.6 Å². The van der Waals surface area contributed by atoms with E-state index in [0.717, 1.165) is 16.7 Å². The molecule has 32 heavy (non-hydrogen) atoms. The largest absolute Gasteiger partial charge is 0.252 e. The number of rotatable bonds is 7. The number of sulfonamides is 1. The molecule has 3 aromatic rings. The summed E-state index contributed by atoms with van der Waals surface area (Å²) in [4.78, 5) is -0.426. The van der Waals surface area contributed by atoms with Crippen molar-refractivity contribution in [3.63, 3.8) is 0 Å². The summed E-state index contributed by atoms with van der Waals surface area (Å²) in [5, 5.41) is 0.528. The number of aryl methyl sites for hydroxylation is 2. The van der Waals surface area contributed by atoms with Crippen LogP contribution in [0.3, 0.4) is 0 Å². The molecule has 1 heterocycles. The van der Waals surface area contributed by atoms with Gasteiger partial charge in [0.05, 0.1) is 21.7 Å². The summed E-state index contributed by atoms with van der Waals surface area (Å²) in [5.74, 6) is 0. The van der Waals surface area contributed by atoms with Crippen molar-refractivity contribution in [2.24, 2.45) is 0 Å². The zero-order chi connectivity index (χ0) is 22.9. The van der Waals surface area contributed by atoms with Crippen molar-refractivity contribution in [3.8, 4) is 0 Å². The highest BCUT2D eigenvalue weighted by atomic mass is 79.9. The molecule has 0 bridgehead atoms. The second-order valence-corrected chi connectivity index (χ2v) is 11.9. The maximum atomic E-state index is 14.0. The van der Waals surface area contributed by atoms with Crippen LogP contribution in [-0.2, 0) is 20.8 Å². The standard InChI is InChI=1S/C25H24BrNO3S2/c1-19-9-13-22(14-10-19)31(28)25(17-6-18-26)24(21-7-4-3-5-8-21)27(25)32(29,30)23-15-11-20(2)12-16-23/h3-17,24H,18H2,1-2H3/b17-6+/t24-,25+,27?,31-/m0/s1. The summed E-state index contributed by atoms with van der Waals surface area (Å²) in [5.41, 5.74) is 2.83. The molecule has 1 aliphatic heterocycles. The van der Waals surface area contributed by atoms with Gasteiger partial charge in [-0.1, -0.05) is 93.8 Å². The molecule has 0 aromatic heterocycles. The molecule has 3 aromatic carbocycles. The molecular formula is C25H24BrNO3S2. The molecule has 166 valence electrons. The first-order valence-corrected chi connectivity index (χ1v) is 13.9. The maximum absolute atomic E-state index is 14.0. The van der Waals surface area contributed by atoms with Crippen LogP contribution in [0.25, 0.3) is 0 Å². The lowest BCUT2D eigenvalue weighted by molar-refractivity contribution is 0.546. The van der Waals surface area contributed by atoms with E-state index < -0.39 is 31.7 Å². The Labute approximate surface area is 200 Å². The van der Waals surface area contributed by atoms with Gasteiger partial charge in [0.15, 0.2) is 4.87 Å². The van der Waals surface area contributed by atoms with Gasteiger partial charge < -0.3 is 0 Å². The maximum Gasteiger partial charge on any atom is 0.245 e. The number of allylic oxidation sites excluding steroid dienone is 1. The van der Waals surface area contributed by atoms with Gasteiger partial charge in [-0.15, -0.1) is 0 Å². The third-order valence-corrected chi connectivity index (χ3v) is 9.81. The topological polar surface area (TPSA) is 54.2 Å². The van der Waals surface area contributed by atoms with Crippen LogP contribution >= 0.6 is 15.9 Å². The molecular weight excluding hydrogens is 506 g/mol. The molecule has 0 N–H and O–H groups in total. The van der Waals surface area contributed by atoms with Crippen LogP contribution in [0.15, 0.2) is 101 Å². The predicted octanol–water partition coefficient (Wildman–Crippen LogP) is 5.50. The van der Waals surface area contributed by atoms with E-state index in [-0.39, 0.29) is 4.90 Å². The van der Waals surface area contributed by atoms with E-state index in [2.05, 4.69) is 15.9 Å². The van der Waals surface area contributed by atoms with Crippen LogP contribution in [0.1, 0.15) is 22.7 Å². The lowest BCUT2D eigenvalue weighted by atomic mass is 10.1. The Balaban J connectivity index is 1.90. The van der Waals surface area contributed by atoms with E-state index in [1.165, 1.54) is 4.31 Å². The average molecular weight is 531 g/mol. The van der Waals surface area contributed by atoms with Crippen molar-refractivity contribution < 1.29 is 12.6 Å².